The summed E-state index contributed by atoms with van der Waals surface area (Å²) in [6, 6.07) is 25.7. The Labute approximate surface area is 526 Å². The Hall–Kier alpha value is 1.07. The molecule has 2 aromatic carbocycles. The van der Waals surface area contributed by atoms with Crippen LogP contribution in [-0.2, 0) is 22.3 Å². The molecule has 0 amide bonds. The predicted molar refractivity (Wildman–Crippen MR) is 261 cm³/mol. The number of aromatic nitrogens is 2. The summed E-state index contributed by atoms with van der Waals surface area (Å²) >= 11 is 18.1. The number of ether oxygens (including phenoxy) is 2. The maximum absolute atomic E-state index is 13.1. The van der Waals surface area contributed by atoms with Gasteiger partial charge in [-0.25, -0.2) is 9.97 Å². The third-order valence-electron chi connectivity index (χ3n) is 12.2. The quantitative estimate of drug-likeness (QED) is 0.0716. The molecule has 0 aliphatic carbocycles. The summed E-state index contributed by atoms with van der Waals surface area (Å²) in [4.78, 5) is 14.9. The van der Waals surface area contributed by atoms with Crippen molar-refractivity contribution in [2.24, 2.45) is 17.8 Å². The minimum Gasteiger partial charge on any atom is -1.00 e. The molecule has 0 saturated carbocycles. The topological polar surface area (TPSA) is 125 Å². The molecule has 8 nitrogen and oxygen atoms in total. The Morgan fingerprint density at radius 3 is 1.52 bits per heavy atom. The average Bonchev–Trinajstić information content (AvgIpc) is 3.98. The van der Waals surface area contributed by atoms with E-state index in [1.807, 2.05) is 40.8 Å². The fourth-order valence-electron chi connectivity index (χ4n) is 8.25. The first kappa shape index (κ1) is 62.4. The van der Waals surface area contributed by atoms with Crippen molar-refractivity contribution in [1.82, 2.24) is 9.97 Å². The second kappa shape index (κ2) is 29.8. The number of pyridine rings is 2. The molecule has 18 heteroatoms. The van der Waals surface area contributed by atoms with Crippen LogP contribution in [0.4, 0.5) is 8.78 Å². The van der Waals surface area contributed by atoms with Gasteiger partial charge in [-0.2, -0.15) is 8.78 Å². The van der Waals surface area contributed by atoms with E-state index in [-0.39, 0.29) is 133 Å². The van der Waals surface area contributed by atoms with Crippen LogP contribution in [0.3, 0.4) is 0 Å². The molecule has 6 heterocycles. The zero-order chi connectivity index (χ0) is 46.2. The van der Waals surface area contributed by atoms with Gasteiger partial charge in [0, 0.05) is 65.9 Å². The van der Waals surface area contributed by atoms with Crippen molar-refractivity contribution in [3.05, 3.63) is 156 Å². The zero-order valence-electron chi connectivity index (χ0n) is 38.1. The first-order valence-corrected chi connectivity index (χ1v) is 24.9. The third-order valence-corrected chi connectivity index (χ3v) is 15.2. The summed E-state index contributed by atoms with van der Waals surface area (Å²) < 4.78 is 38.4. The molecular formula is C49H52Cl2F2I2K2N2O6S2. The van der Waals surface area contributed by atoms with Crippen molar-refractivity contribution in [2.75, 3.05) is 6.61 Å². The van der Waals surface area contributed by atoms with Gasteiger partial charge in [-0.3, -0.25) is 4.93 Å². The van der Waals surface area contributed by atoms with Crippen LogP contribution in [0.25, 0.3) is 20.9 Å². The molecule has 350 valence electrons. The maximum Gasteiger partial charge on any atom is 1.00 e. The van der Waals surface area contributed by atoms with Gasteiger partial charge in [0.15, 0.2) is 0 Å². The van der Waals surface area contributed by atoms with E-state index in [1.54, 1.807) is 47.9 Å². The standard InChI is InChI=1S/C26H29ClFNOS.C22H21ClFNO5S.CH2I.HI.2K/c1-5-23-16(3)15(2)17(4)26(30-23)18-6-9-22(27)20(12-18)13-21-8-10-24(31-21)19-7-11-25(28)29-14-19;23-15-4-1-11(22-21(29)20(28)19(27)16(10-26)30-22)7-13(15)8-14-3-5-17(31-14)12-2-6-18(24)25-9-12;1-2;;;/h6-12,14-17,23,26H,5,13H2,1-4H3;1-7,9,16,19-22,26-29H,8,10H2;1H2;1H;;/q;;-1;;2*+1/p-1/t15-,16-,17+,23+,26?;16-,19-,20+,21-,22?;;;;/m01..../s1. The molecule has 2 aliphatic heterocycles. The molecule has 2 aliphatic rings. The van der Waals surface area contributed by atoms with E-state index < -0.39 is 49.0 Å². The van der Waals surface area contributed by atoms with E-state index in [9.17, 15) is 29.2 Å². The minimum atomic E-state index is -1.45. The molecule has 0 bridgehead atoms. The minimum absolute atomic E-state index is 0. The number of hydrogen-bond acceptors (Lipinski definition) is 10. The molecule has 8 rings (SSSR count). The molecule has 6 aromatic rings. The summed E-state index contributed by atoms with van der Waals surface area (Å²) in [6.07, 6.45) is -0.354. The van der Waals surface area contributed by atoms with Gasteiger partial charge in [-0.15, -0.1) is 22.7 Å². The predicted octanol–water partition coefficient (Wildman–Crippen LogP) is 2.88. The van der Waals surface area contributed by atoms with E-state index >= 15 is 0 Å². The first-order chi connectivity index (χ1) is 30.7. The Morgan fingerprint density at radius 2 is 1.09 bits per heavy atom. The van der Waals surface area contributed by atoms with Crippen molar-refractivity contribution >= 4 is 68.5 Å². The fraction of sp³-hybridized carbons (Fsp3) is 0.367. The van der Waals surface area contributed by atoms with E-state index in [4.69, 9.17) is 32.7 Å². The van der Waals surface area contributed by atoms with Gasteiger partial charge >= 0.3 is 103 Å². The Bertz CT molecular complexity index is 2270. The van der Waals surface area contributed by atoms with Gasteiger partial charge in [0.2, 0.25) is 11.9 Å². The monoisotopic (exact) mass is 1270 g/mol. The van der Waals surface area contributed by atoms with Crippen molar-refractivity contribution in [3.8, 4) is 20.9 Å². The molecule has 2 saturated heterocycles. The molecule has 4 N–H and O–H groups in total. The summed E-state index contributed by atoms with van der Waals surface area (Å²) in [5.74, 6) is 0.626. The summed E-state index contributed by atoms with van der Waals surface area (Å²) in [6.45, 7) is 8.68. The largest absolute Gasteiger partial charge is 1.00 e. The van der Waals surface area contributed by atoms with Crippen molar-refractivity contribution in [3.63, 3.8) is 0 Å². The van der Waals surface area contributed by atoms with E-state index in [1.165, 1.54) is 40.1 Å². The number of aliphatic hydroxyl groups excluding tert-OH is 4. The first-order valence-electron chi connectivity index (χ1n) is 20.9. The third kappa shape index (κ3) is 16.0. The van der Waals surface area contributed by atoms with Gasteiger partial charge in [-0.1, -0.05) is 75.2 Å². The molecule has 2 unspecified atom stereocenters. The van der Waals surface area contributed by atoms with Gasteiger partial charge in [0.25, 0.3) is 0 Å². The van der Waals surface area contributed by atoms with Gasteiger partial charge in [-0.05, 0) is 107 Å². The molecule has 67 heavy (non-hydrogen) atoms. The zero-order valence-corrected chi connectivity index (χ0v) is 51.8. The van der Waals surface area contributed by atoms with Crippen LogP contribution < -0.4 is 127 Å². The van der Waals surface area contributed by atoms with Gasteiger partial charge in [0.05, 0.1) is 18.8 Å². The van der Waals surface area contributed by atoms with Gasteiger partial charge in [0.1, 0.15) is 30.5 Å². The number of nitrogens with zero attached hydrogens (tertiary/aromatic N) is 2. The summed E-state index contributed by atoms with van der Waals surface area (Å²) in [7, 11) is 0. The number of hydrogen-bond donors (Lipinski definition) is 4. The molecule has 4 aromatic heterocycles. The number of halogens is 6. The molecule has 2 fully saturated rings. The molecule has 0 radical (unpaired) electrons. The Balaban J connectivity index is 0.000000328. The van der Waals surface area contributed by atoms with E-state index in [0.29, 0.717) is 40.9 Å². The van der Waals surface area contributed by atoms with Crippen LogP contribution in [0.2, 0.25) is 10.0 Å². The number of rotatable bonds is 10. The van der Waals surface area contributed by atoms with Crippen molar-refractivity contribution in [2.45, 2.75) is 89.7 Å². The van der Waals surface area contributed by atoms with E-state index in [0.717, 1.165) is 54.7 Å². The number of benzene rings is 2. The van der Waals surface area contributed by atoms with Crippen LogP contribution in [0.5, 0.6) is 0 Å². The van der Waals surface area contributed by atoms with Crippen LogP contribution in [0, 0.1) is 34.6 Å². The smallest absolute Gasteiger partial charge is 1.00 e. The van der Waals surface area contributed by atoms with Crippen LogP contribution in [0.15, 0.2) is 97.3 Å². The molecular weight excluding hydrogens is 1220 g/mol. The Kier molecular flexibility index (Phi) is 27.8. The second-order valence-corrected chi connectivity index (χ2v) is 19.3. The fourth-order valence-corrected chi connectivity index (χ4v) is 10.7. The number of thiophene rings is 2. The maximum atomic E-state index is 13.1. The molecule has 0 spiro atoms. The SMILES string of the molecule is CC[C@H]1OC(c2ccc(Cl)c(Cc3ccc(-c4ccc(F)nc4)s3)c2)[C@H](C)[C@@H](C)[C@@H]1C.OC[C@H]1OC(c2ccc(Cl)c(Cc3ccc(-c4ccc(F)nc4)s3)c2)[C@H](O)[C@@H](O)[C@@H]1O.[CH2-]I.[I-].[K+].[K+]. The van der Waals surface area contributed by atoms with Crippen molar-refractivity contribution in [1.29, 1.82) is 0 Å². The molecule has 10 atom stereocenters. The second-order valence-electron chi connectivity index (χ2n) is 16.2. The van der Waals surface area contributed by atoms with E-state index in [2.05, 4.69) is 66.9 Å². The summed E-state index contributed by atoms with van der Waals surface area (Å²) in [5.41, 5.74) is 5.44. The number of aliphatic hydroxyl groups is 4. The van der Waals surface area contributed by atoms with Crippen LogP contribution in [0.1, 0.15) is 78.3 Å². The van der Waals surface area contributed by atoms with Crippen LogP contribution >= 0.6 is 68.5 Å². The normalized spacial score (nSPS) is 24.3. The average molecular weight is 1270 g/mol. The van der Waals surface area contributed by atoms with Crippen LogP contribution in [-0.4, -0.2) is 67.5 Å². The Morgan fingerprint density at radius 1 is 0.627 bits per heavy atom. The summed E-state index contributed by atoms with van der Waals surface area (Å²) in [5, 5.41) is 41.2. The van der Waals surface area contributed by atoms with Gasteiger partial charge < -0.3 is 76.5 Å². The van der Waals surface area contributed by atoms with Crippen molar-refractivity contribution < 1.29 is 165 Å².